The second kappa shape index (κ2) is 7.32. The van der Waals surface area contributed by atoms with Gasteiger partial charge in [0.2, 0.25) is 0 Å². The fraction of sp³-hybridized carbons (Fsp3) is 0.100. The highest BCUT2D eigenvalue weighted by Gasteiger charge is 2.29. The van der Waals surface area contributed by atoms with E-state index < -0.39 is 0 Å². The van der Waals surface area contributed by atoms with Gasteiger partial charge in [0, 0.05) is 46.3 Å². The van der Waals surface area contributed by atoms with Crippen LogP contribution in [0.25, 0.3) is 17.0 Å². The smallest absolute Gasteiger partial charge is 0.265 e. The number of benzene rings is 2. The first-order chi connectivity index (χ1) is 12.9. The van der Waals surface area contributed by atoms with Crippen molar-refractivity contribution >= 4 is 74.4 Å². The Bertz CT molecular complexity index is 1120. The minimum Gasteiger partial charge on any atom is -0.342 e. The summed E-state index contributed by atoms with van der Waals surface area (Å²) in [6, 6.07) is 13.6. The Kier molecular flexibility index (Phi) is 5.03. The Hall–Kier alpha value is -1.79. The molecule has 27 heavy (non-hydrogen) atoms. The zero-order valence-corrected chi connectivity index (χ0v) is 17.4. The number of para-hydroxylation sites is 1. The van der Waals surface area contributed by atoms with E-state index in [1.807, 2.05) is 42.6 Å². The van der Waals surface area contributed by atoms with Gasteiger partial charge in [-0.1, -0.05) is 71.4 Å². The van der Waals surface area contributed by atoms with E-state index in [2.05, 4.69) is 10.6 Å². The zero-order valence-electron chi connectivity index (χ0n) is 14.3. The summed E-state index contributed by atoms with van der Waals surface area (Å²) in [4.78, 5) is 14.5. The van der Waals surface area contributed by atoms with Crippen molar-refractivity contribution in [1.29, 1.82) is 0 Å². The first kappa shape index (κ1) is 18.6. The van der Waals surface area contributed by atoms with Gasteiger partial charge in [-0.25, -0.2) is 0 Å². The van der Waals surface area contributed by atoms with Gasteiger partial charge in [-0.15, -0.1) is 0 Å². The summed E-state index contributed by atoms with van der Waals surface area (Å²) >= 11 is 18.9. The quantitative estimate of drug-likeness (QED) is 0.384. The van der Waals surface area contributed by atoms with Crippen molar-refractivity contribution in [2.24, 2.45) is 0 Å². The Morgan fingerprint density at radius 3 is 2.67 bits per heavy atom. The molecule has 0 unspecified atom stereocenters. The van der Waals surface area contributed by atoms with Crippen LogP contribution in [0.2, 0.25) is 10.0 Å². The highest BCUT2D eigenvalue weighted by molar-refractivity contribution is 8.26. The van der Waals surface area contributed by atoms with Crippen molar-refractivity contribution in [1.82, 2.24) is 9.47 Å². The maximum atomic E-state index is 12.3. The lowest BCUT2D eigenvalue weighted by atomic mass is 10.1. The third-order valence-corrected chi connectivity index (χ3v) is 6.52. The average molecular weight is 433 g/mol. The number of hydrogen-bond acceptors (Lipinski definition) is 3. The zero-order chi connectivity index (χ0) is 19.1. The van der Waals surface area contributed by atoms with Crippen LogP contribution in [0.3, 0.4) is 0 Å². The second-order valence-corrected chi connectivity index (χ2v) is 8.73. The molecule has 0 spiro atoms. The Morgan fingerprint density at radius 2 is 1.96 bits per heavy atom. The summed E-state index contributed by atoms with van der Waals surface area (Å²) in [5.41, 5.74) is 3.03. The van der Waals surface area contributed by atoms with E-state index >= 15 is 0 Å². The average Bonchev–Trinajstić information content (AvgIpc) is 3.11. The second-order valence-electron chi connectivity index (χ2n) is 6.21. The topological polar surface area (TPSA) is 25.2 Å². The standard InChI is InChI=1S/C20H14Cl2N2OS2/c1-23-19(25)18(27-20(23)26)8-13-11-24(17-5-3-2-4-15(13)17)10-12-6-7-14(21)9-16(12)22/h2-9,11H,10H2,1H3/b18-8+. The van der Waals surface area contributed by atoms with Crippen LogP contribution < -0.4 is 0 Å². The Morgan fingerprint density at radius 1 is 1.19 bits per heavy atom. The van der Waals surface area contributed by atoms with Crippen molar-refractivity contribution in [2.45, 2.75) is 6.54 Å². The summed E-state index contributed by atoms with van der Waals surface area (Å²) in [6.07, 6.45) is 3.95. The summed E-state index contributed by atoms with van der Waals surface area (Å²) in [7, 11) is 1.70. The maximum absolute atomic E-state index is 12.3. The molecule has 1 fully saturated rings. The molecule has 7 heteroatoms. The van der Waals surface area contributed by atoms with Gasteiger partial charge >= 0.3 is 0 Å². The van der Waals surface area contributed by atoms with Gasteiger partial charge in [-0.2, -0.15) is 0 Å². The van der Waals surface area contributed by atoms with E-state index in [-0.39, 0.29) is 5.91 Å². The number of halogens is 2. The molecule has 2 heterocycles. The van der Waals surface area contributed by atoms with Crippen molar-refractivity contribution < 1.29 is 4.79 Å². The first-order valence-electron chi connectivity index (χ1n) is 8.17. The summed E-state index contributed by atoms with van der Waals surface area (Å²) in [6.45, 7) is 0.610. The predicted molar refractivity (Wildman–Crippen MR) is 118 cm³/mol. The van der Waals surface area contributed by atoms with E-state index in [1.54, 1.807) is 13.1 Å². The summed E-state index contributed by atoms with van der Waals surface area (Å²) in [5.74, 6) is -0.0671. The van der Waals surface area contributed by atoms with E-state index in [1.165, 1.54) is 16.7 Å². The summed E-state index contributed by atoms with van der Waals surface area (Å²) < 4.78 is 2.70. The third-order valence-electron chi connectivity index (χ3n) is 4.45. The molecule has 0 radical (unpaired) electrons. The highest BCUT2D eigenvalue weighted by Crippen LogP contribution is 2.34. The molecule has 0 N–H and O–H groups in total. The minimum absolute atomic E-state index is 0.0671. The number of hydrogen-bond donors (Lipinski definition) is 0. The number of nitrogens with zero attached hydrogens (tertiary/aromatic N) is 2. The van der Waals surface area contributed by atoms with Gasteiger partial charge in [0.25, 0.3) is 5.91 Å². The van der Waals surface area contributed by atoms with Gasteiger partial charge in [-0.05, 0) is 29.8 Å². The van der Waals surface area contributed by atoms with Gasteiger partial charge < -0.3 is 4.57 Å². The number of aromatic nitrogens is 1. The fourth-order valence-electron chi connectivity index (χ4n) is 3.04. The molecule has 0 saturated carbocycles. The lowest BCUT2D eigenvalue weighted by molar-refractivity contribution is -0.121. The molecule has 0 bridgehead atoms. The molecule has 0 atom stereocenters. The molecule has 3 nitrogen and oxygen atoms in total. The van der Waals surface area contributed by atoms with Crippen LogP contribution in [-0.2, 0) is 11.3 Å². The molecule has 3 aromatic rings. The molecule has 0 aliphatic carbocycles. The maximum Gasteiger partial charge on any atom is 0.265 e. The number of thioether (sulfide) groups is 1. The van der Waals surface area contributed by atoms with Crippen LogP contribution in [-0.4, -0.2) is 26.7 Å². The van der Waals surface area contributed by atoms with Crippen LogP contribution in [0.5, 0.6) is 0 Å². The van der Waals surface area contributed by atoms with Crippen molar-refractivity contribution in [3.05, 3.63) is 74.7 Å². The molecular weight excluding hydrogens is 419 g/mol. The number of fused-ring (bicyclic) bond motifs is 1. The van der Waals surface area contributed by atoms with Crippen molar-refractivity contribution in [3.8, 4) is 0 Å². The first-order valence-corrected chi connectivity index (χ1v) is 10.2. The van der Waals surface area contributed by atoms with E-state index in [0.29, 0.717) is 25.8 Å². The lowest BCUT2D eigenvalue weighted by Gasteiger charge is -2.08. The Balaban J connectivity index is 1.78. The van der Waals surface area contributed by atoms with Gasteiger partial charge in [0.1, 0.15) is 4.32 Å². The number of carbonyl (C=O) groups excluding carboxylic acids is 1. The third kappa shape index (κ3) is 3.52. The molecule has 1 aliphatic rings. The number of thiocarbonyl (C=S) groups is 1. The van der Waals surface area contributed by atoms with E-state index in [9.17, 15) is 4.79 Å². The van der Waals surface area contributed by atoms with Crippen LogP contribution in [0.15, 0.2) is 53.6 Å². The number of likely N-dealkylation sites (N-methyl/N-ethyl adjacent to an activating group) is 1. The van der Waals surface area contributed by atoms with Crippen LogP contribution in [0.4, 0.5) is 0 Å². The van der Waals surface area contributed by atoms with Crippen molar-refractivity contribution in [2.75, 3.05) is 7.05 Å². The van der Waals surface area contributed by atoms with Crippen molar-refractivity contribution in [3.63, 3.8) is 0 Å². The molecule has 1 aliphatic heterocycles. The SMILES string of the molecule is CN1C(=O)/C(=C\c2cn(Cc3ccc(Cl)cc3Cl)c3ccccc23)SC1=S. The Labute approximate surface area is 176 Å². The molecular formula is C20H14Cl2N2OS2. The molecule has 4 rings (SSSR count). The highest BCUT2D eigenvalue weighted by atomic mass is 35.5. The van der Waals surface area contributed by atoms with E-state index in [0.717, 1.165) is 22.0 Å². The molecule has 1 saturated heterocycles. The minimum atomic E-state index is -0.0671. The predicted octanol–water partition coefficient (Wildman–Crippen LogP) is 5.83. The normalized spacial score (nSPS) is 16.1. The van der Waals surface area contributed by atoms with E-state index in [4.69, 9.17) is 35.4 Å². The lowest BCUT2D eigenvalue weighted by Crippen LogP contribution is -2.22. The van der Waals surface area contributed by atoms with Gasteiger partial charge in [-0.3, -0.25) is 9.69 Å². The largest absolute Gasteiger partial charge is 0.342 e. The number of carbonyl (C=O) groups is 1. The number of amides is 1. The van der Waals surface area contributed by atoms with Gasteiger partial charge in [0.05, 0.1) is 4.91 Å². The monoisotopic (exact) mass is 432 g/mol. The van der Waals surface area contributed by atoms with Crippen LogP contribution in [0, 0.1) is 0 Å². The molecule has 1 aromatic heterocycles. The van der Waals surface area contributed by atoms with Crippen LogP contribution >= 0.6 is 47.2 Å². The van der Waals surface area contributed by atoms with Gasteiger partial charge in [0.15, 0.2) is 0 Å². The fourth-order valence-corrected chi connectivity index (χ4v) is 4.68. The number of rotatable bonds is 3. The molecule has 136 valence electrons. The van der Waals surface area contributed by atoms with Crippen LogP contribution in [0.1, 0.15) is 11.1 Å². The molecule has 2 aromatic carbocycles. The summed E-state index contributed by atoms with van der Waals surface area (Å²) in [5, 5.41) is 2.32. The molecule has 1 amide bonds.